The van der Waals surface area contributed by atoms with Gasteiger partial charge >= 0.3 is 6.03 Å². The number of aryl methyl sites for hydroxylation is 2. The van der Waals surface area contributed by atoms with Crippen LogP contribution in [0.3, 0.4) is 0 Å². The maximum atomic E-state index is 11.6. The molecule has 1 aromatic carbocycles. The van der Waals surface area contributed by atoms with E-state index < -0.39 is 0 Å². The summed E-state index contributed by atoms with van der Waals surface area (Å²) in [6.45, 7) is 5.49. The molecule has 5 heteroatoms. The van der Waals surface area contributed by atoms with Crippen LogP contribution in [0.5, 0.6) is 0 Å². The van der Waals surface area contributed by atoms with Crippen molar-refractivity contribution in [1.29, 1.82) is 0 Å². The van der Waals surface area contributed by atoms with Crippen molar-refractivity contribution in [2.24, 2.45) is 0 Å². The van der Waals surface area contributed by atoms with Crippen molar-refractivity contribution in [2.45, 2.75) is 20.3 Å². The molecule has 0 fully saturated rings. The van der Waals surface area contributed by atoms with Crippen molar-refractivity contribution in [1.82, 2.24) is 5.32 Å². The average Bonchev–Trinajstić information content (AvgIpc) is 2.38. The van der Waals surface area contributed by atoms with E-state index in [2.05, 4.69) is 10.6 Å². The van der Waals surface area contributed by atoms with E-state index in [1.165, 1.54) is 5.56 Å². The van der Waals surface area contributed by atoms with Crippen LogP contribution in [0.2, 0.25) is 0 Å². The number of urea groups is 1. The van der Waals surface area contributed by atoms with Crippen molar-refractivity contribution >= 4 is 11.7 Å². The minimum absolute atomic E-state index is 0.0285. The molecule has 0 heterocycles. The third-order valence-electron chi connectivity index (χ3n) is 2.75. The topological polar surface area (TPSA) is 70.6 Å². The molecule has 0 radical (unpaired) electrons. The Morgan fingerprint density at radius 2 is 2.05 bits per heavy atom. The van der Waals surface area contributed by atoms with Crippen LogP contribution >= 0.6 is 0 Å². The van der Waals surface area contributed by atoms with E-state index in [1.54, 1.807) is 0 Å². The fourth-order valence-electron chi connectivity index (χ4n) is 1.54. The molecule has 0 aromatic heterocycles. The molecule has 5 nitrogen and oxygen atoms in total. The number of nitrogens with one attached hydrogen (secondary N) is 2. The second-order valence-electron chi connectivity index (χ2n) is 4.37. The lowest BCUT2D eigenvalue weighted by Gasteiger charge is -2.09. The van der Waals surface area contributed by atoms with Gasteiger partial charge in [-0.2, -0.15) is 0 Å². The zero-order valence-corrected chi connectivity index (χ0v) is 11.5. The predicted molar refractivity (Wildman–Crippen MR) is 75.5 cm³/mol. The number of carbonyl (C=O) groups excluding carboxylic acids is 1. The first-order valence-electron chi connectivity index (χ1n) is 6.44. The third kappa shape index (κ3) is 6.22. The summed E-state index contributed by atoms with van der Waals surface area (Å²) in [5.74, 6) is 0. The first kappa shape index (κ1) is 15.5. The van der Waals surface area contributed by atoms with E-state index in [4.69, 9.17) is 9.84 Å². The van der Waals surface area contributed by atoms with Gasteiger partial charge in [0.05, 0.1) is 13.2 Å². The van der Waals surface area contributed by atoms with Gasteiger partial charge in [-0.3, -0.25) is 0 Å². The monoisotopic (exact) mass is 266 g/mol. The lowest BCUT2D eigenvalue weighted by molar-refractivity contribution is 0.0910. The Kier molecular flexibility index (Phi) is 6.92. The summed E-state index contributed by atoms with van der Waals surface area (Å²) in [6, 6.07) is 5.59. The fourth-order valence-corrected chi connectivity index (χ4v) is 1.54. The highest BCUT2D eigenvalue weighted by molar-refractivity contribution is 5.89. The number of amides is 2. The third-order valence-corrected chi connectivity index (χ3v) is 2.75. The molecule has 0 saturated heterocycles. The zero-order valence-electron chi connectivity index (χ0n) is 11.5. The second-order valence-corrected chi connectivity index (χ2v) is 4.37. The average molecular weight is 266 g/mol. The number of hydrogen-bond acceptors (Lipinski definition) is 3. The minimum atomic E-state index is -0.217. The Bertz CT molecular complexity index is 408. The number of rotatable bonds is 7. The number of benzene rings is 1. The van der Waals surface area contributed by atoms with Crippen LogP contribution in [0, 0.1) is 13.8 Å². The SMILES string of the molecule is Cc1ccc(NC(=O)NCCCOCCO)cc1C. The van der Waals surface area contributed by atoms with E-state index in [9.17, 15) is 4.79 Å². The number of anilines is 1. The number of hydrogen-bond donors (Lipinski definition) is 3. The molecular formula is C14H22N2O3. The summed E-state index contributed by atoms with van der Waals surface area (Å²) >= 11 is 0. The van der Waals surface area contributed by atoms with Crippen LogP contribution in [0.15, 0.2) is 18.2 Å². The van der Waals surface area contributed by atoms with Crippen LogP contribution in [-0.2, 0) is 4.74 Å². The van der Waals surface area contributed by atoms with E-state index in [-0.39, 0.29) is 12.6 Å². The summed E-state index contributed by atoms with van der Waals surface area (Å²) in [5, 5.41) is 14.0. The highest BCUT2D eigenvalue weighted by Crippen LogP contribution is 2.13. The summed E-state index contributed by atoms with van der Waals surface area (Å²) in [7, 11) is 0. The van der Waals surface area contributed by atoms with Gasteiger partial charge in [0.25, 0.3) is 0 Å². The smallest absolute Gasteiger partial charge is 0.319 e. The normalized spacial score (nSPS) is 10.3. The van der Waals surface area contributed by atoms with Crippen molar-refractivity contribution in [3.8, 4) is 0 Å². The molecule has 0 bridgehead atoms. The van der Waals surface area contributed by atoms with Gasteiger partial charge in [0, 0.05) is 18.8 Å². The van der Waals surface area contributed by atoms with Crippen molar-refractivity contribution < 1.29 is 14.6 Å². The fraction of sp³-hybridized carbons (Fsp3) is 0.500. The van der Waals surface area contributed by atoms with Crippen LogP contribution in [0.25, 0.3) is 0 Å². The van der Waals surface area contributed by atoms with Crippen LogP contribution < -0.4 is 10.6 Å². The molecule has 0 unspecified atom stereocenters. The second kappa shape index (κ2) is 8.50. The first-order chi connectivity index (χ1) is 9.13. The van der Waals surface area contributed by atoms with E-state index in [1.807, 2.05) is 32.0 Å². The summed E-state index contributed by atoms with van der Waals surface area (Å²) in [6.07, 6.45) is 0.723. The van der Waals surface area contributed by atoms with Gasteiger partial charge in [-0.05, 0) is 43.5 Å². The predicted octanol–water partition coefficient (Wildman–Crippen LogP) is 1.82. The standard InChI is InChI=1S/C14H22N2O3/c1-11-4-5-13(10-12(11)2)16-14(18)15-6-3-8-19-9-7-17/h4-5,10,17H,3,6-9H2,1-2H3,(H2,15,16,18). The molecule has 0 saturated carbocycles. The Morgan fingerprint density at radius 1 is 1.26 bits per heavy atom. The molecule has 1 aromatic rings. The minimum Gasteiger partial charge on any atom is -0.394 e. The summed E-state index contributed by atoms with van der Waals surface area (Å²) < 4.78 is 5.09. The quantitative estimate of drug-likeness (QED) is 0.659. The maximum absolute atomic E-state index is 11.6. The lowest BCUT2D eigenvalue weighted by atomic mass is 10.1. The Balaban J connectivity index is 2.21. The lowest BCUT2D eigenvalue weighted by Crippen LogP contribution is -2.30. The van der Waals surface area contributed by atoms with Crippen LogP contribution in [0.4, 0.5) is 10.5 Å². The molecule has 1 rings (SSSR count). The van der Waals surface area contributed by atoms with Gasteiger partial charge in [0.15, 0.2) is 0 Å². The molecule has 0 aliphatic carbocycles. The maximum Gasteiger partial charge on any atom is 0.319 e. The van der Waals surface area contributed by atoms with Crippen molar-refractivity contribution in [2.75, 3.05) is 31.7 Å². The van der Waals surface area contributed by atoms with E-state index in [0.717, 1.165) is 17.7 Å². The molecule has 0 spiro atoms. The van der Waals surface area contributed by atoms with Crippen LogP contribution in [0.1, 0.15) is 17.5 Å². The highest BCUT2D eigenvalue weighted by atomic mass is 16.5. The van der Waals surface area contributed by atoms with Gasteiger partial charge in [-0.15, -0.1) is 0 Å². The van der Waals surface area contributed by atoms with Gasteiger partial charge in [0.2, 0.25) is 0 Å². The van der Waals surface area contributed by atoms with Gasteiger partial charge in [-0.1, -0.05) is 6.07 Å². The Hall–Kier alpha value is -1.59. The first-order valence-corrected chi connectivity index (χ1v) is 6.44. The Labute approximate surface area is 114 Å². The summed E-state index contributed by atoms with van der Waals surface area (Å²) in [5.41, 5.74) is 3.14. The highest BCUT2D eigenvalue weighted by Gasteiger charge is 2.02. The van der Waals surface area contributed by atoms with Crippen molar-refractivity contribution in [3.05, 3.63) is 29.3 Å². The van der Waals surface area contributed by atoms with Gasteiger partial charge in [-0.25, -0.2) is 4.79 Å². The van der Waals surface area contributed by atoms with E-state index in [0.29, 0.717) is 19.8 Å². The molecule has 0 atom stereocenters. The Morgan fingerprint density at radius 3 is 2.74 bits per heavy atom. The molecular weight excluding hydrogens is 244 g/mol. The van der Waals surface area contributed by atoms with Crippen LogP contribution in [-0.4, -0.2) is 37.5 Å². The number of aliphatic hydroxyl groups excluding tert-OH is 1. The zero-order chi connectivity index (χ0) is 14.1. The summed E-state index contributed by atoms with van der Waals surface area (Å²) in [4.78, 5) is 11.6. The van der Waals surface area contributed by atoms with Crippen molar-refractivity contribution in [3.63, 3.8) is 0 Å². The number of ether oxygens (including phenoxy) is 1. The van der Waals surface area contributed by atoms with Gasteiger partial charge in [0.1, 0.15) is 0 Å². The number of carbonyl (C=O) groups is 1. The van der Waals surface area contributed by atoms with E-state index >= 15 is 0 Å². The molecule has 3 N–H and O–H groups in total. The molecule has 0 aliphatic rings. The molecule has 2 amide bonds. The largest absolute Gasteiger partial charge is 0.394 e. The molecule has 19 heavy (non-hydrogen) atoms. The number of aliphatic hydroxyl groups is 1. The molecule has 0 aliphatic heterocycles. The van der Waals surface area contributed by atoms with Gasteiger partial charge < -0.3 is 20.5 Å². The molecule has 106 valence electrons.